The molecule has 0 atom stereocenters. The van der Waals surface area contributed by atoms with Crippen molar-refractivity contribution < 1.29 is 14.3 Å². The summed E-state index contributed by atoms with van der Waals surface area (Å²) in [5.74, 6) is 1.62. The van der Waals surface area contributed by atoms with Crippen molar-refractivity contribution in [3.63, 3.8) is 0 Å². The summed E-state index contributed by atoms with van der Waals surface area (Å²) in [5.41, 5.74) is 1.95. The van der Waals surface area contributed by atoms with Gasteiger partial charge in [0.25, 0.3) is 0 Å². The number of nitrogens with one attached hydrogen (secondary N) is 1. The zero-order chi connectivity index (χ0) is 21.3. The number of carbonyl (C=O) groups excluding carboxylic acids is 1. The first kappa shape index (κ1) is 21.6. The molecule has 0 saturated carbocycles. The van der Waals surface area contributed by atoms with Crippen LogP contribution < -0.4 is 15.0 Å². The lowest BCUT2D eigenvalue weighted by molar-refractivity contribution is -0.120. The van der Waals surface area contributed by atoms with Gasteiger partial charge >= 0.3 is 0 Å². The normalized spacial score (nSPS) is 14.9. The minimum Gasteiger partial charge on any atom is -0.497 e. The zero-order valence-corrected chi connectivity index (χ0v) is 17.9. The van der Waals surface area contributed by atoms with Gasteiger partial charge in [-0.25, -0.2) is 0 Å². The molecule has 0 spiro atoms. The number of rotatable bonds is 8. The van der Waals surface area contributed by atoms with Gasteiger partial charge in [-0.15, -0.1) is 0 Å². The van der Waals surface area contributed by atoms with Gasteiger partial charge in [-0.05, 0) is 24.1 Å². The summed E-state index contributed by atoms with van der Waals surface area (Å²) < 4.78 is 12.6. The van der Waals surface area contributed by atoms with Crippen molar-refractivity contribution >= 4 is 17.6 Å². The molecule has 9 heteroatoms. The highest BCUT2D eigenvalue weighted by atomic mass is 16.5. The lowest BCUT2D eigenvalue weighted by Crippen LogP contribution is -2.55. The maximum Gasteiger partial charge on any atom is 0.246 e. The van der Waals surface area contributed by atoms with Crippen LogP contribution in [0, 0.1) is 0 Å². The molecule has 0 unspecified atom stereocenters. The molecule has 3 rings (SSSR count). The fourth-order valence-electron chi connectivity index (χ4n) is 3.29. The topological polar surface area (TPSA) is 84.2 Å². The van der Waals surface area contributed by atoms with Gasteiger partial charge in [0.15, 0.2) is 5.96 Å². The van der Waals surface area contributed by atoms with Crippen LogP contribution in [0.4, 0.5) is 5.69 Å². The average molecular weight is 415 g/mol. The lowest BCUT2D eigenvalue weighted by atomic mass is 10.2. The summed E-state index contributed by atoms with van der Waals surface area (Å²) in [7, 11) is 5.24. The van der Waals surface area contributed by atoms with Crippen LogP contribution in [0.5, 0.6) is 5.75 Å². The smallest absolute Gasteiger partial charge is 0.246 e. The number of amides is 1. The predicted octanol–water partition coefficient (Wildman–Crippen LogP) is 1.26. The van der Waals surface area contributed by atoms with Crippen molar-refractivity contribution in [2.75, 3.05) is 51.8 Å². The van der Waals surface area contributed by atoms with E-state index in [4.69, 9.17) is 9.47 Å². The molecule has 9 nitrogen and oxygen atoms in total. The van der Waals surface area contributed by atoms with Crippen LogP contribution >= 0.6 is 0 Å². The summed E-state index contributed by atoms with van der Waals surface area (Å²) in [6.07, 6.45) is 4.41. The Bertz CT molecular complexity index is 849. The van der Waals surface area contributed by atoms with Gasteiger partial charge in [0.1, 0.15) is 12.3 Å². The number of aryl methyl sites for hydroxylation is 1. The van der Waals surface area contributed by atoms with Gasteiger partial charge < -0.3 is 24.6 Å². The minimum absolute atomic E-state index is 0.0417. The Morgan fingerprint density at radius 2 is 2.07 bits per heavy atom. The van der Waals surface area contributed by atoms with Gasteiger partial charge in [-0.1, -0.05) is 12.1 Å². The third-order valence-corrected chi connectivity index (χ3v) is 4.91. The van der Waals surface area contributed by atoms with Gasteiger partial charge in [-0.3, -0.25) is 14.5 Å². The number of benzene rings is 1. The highest BCUT2D eigenvalue weighted by molar-refractivity contribution is 5.98. The Morgan fingerprint density at radius 1 is 1.27 bits per heavy atom. The second-order valence-electron chi connectivity index (χ2n) is 7.07. The molecular weight excluding hydrogens is 384 g/mol. The number of piperazine rings is 1. The molecule has 1 aromatic carbocycles. The molecule has 1 fully saturated rings. The highest BCUT2D eigenvalue weighted by Gasteiger charge is 2.27. The molecule has 2 heterocycles. The van der Waals surface area contributed by atoms with E-state index in [2.05, 4.69) is 15.4 Å². The van der Waals surface area contributed by atoms with Crippen LogP contribution in [-0.4, -0.2) is 73.5 Å². The molecule has 0 radical (unpaired) electrons. The molecule has 1 aliphatic rings. The number of aliphatic imine (C=N–C) groups is 1. The molecule has 1 saturated heterocycles. The fourth-order valence-corrected chi connectivity index (χ4v) is 3.29. The first-order valence-electron chi connectivity index (χ1n) is 10.1. The molecule has 162 valence electrons. The minimum atomic E-state index is 0.0417. The van der Waals surface area contributed by atoms with Crippen molar-refractivity contribution in [3.8, 4) is 5.75 Å². The predicted molar refractivity (Wildman–Crippen MR) is 116 cm³/mol. The summed E-state index contributed by atoms with van der Waals surface area (Å²) in [5, 5.41) is 7.47. The van der Waals surface area contributed by atoms with E-state index < -0.39 is 0 Å². The van der Waals surface area contributed by atoms with Crippen molar-refractivity contribution in [1.82, 2.24) is 20.0 Å². The van der Waals surface area contributed by atoms with Crippen LogP contribution in [0.3, 0.4) is 0 Å². The Labute approximate surface area is 177 Å². The maximum absolute atomic E-state index is 12.6. The summed E-state index contributed by atoms with van der Waals surface area (Å²) >= 11 is 0. The van der Waals surface area contributed by atoms with Crippen LogP contribution in [0.2, 0.25) is 0 Å². The molecule has 2 aromatic rings. The largest absolute Gasteiger partial charge is 0.497 e. The number of guanidine groups is 1. The standard InChI is InChI=1S/C21H30N6O3/c1-22-21(23-9-4-12-30-16-17-5-7-19(29-3)8-6-17)26-10-11-27(20(28)15-26)18-13-24-25(2)14-18/h5-8,13-14H,4,9-12,15-16H2,1-3H3,(H,22,23). The lowest BCUT2D eigenvalue weighted by Gasteiger charge is -2.35. The van der Waals surface area contributed by atoms with Crippen molar-refractivity contribution in [2.24, 2.45) is 12.0 Å². The van der Waals surface area contributed by atoms with E-state index in [1.54, 1.807) is 29.9 Å². The van der Waals surface area contributed by atoms with Gasteiger partial charge in [0.2, 0.25) is 5.91 Å². The van der Waals surface area contributed by atoms with E-state index in [1.165, 1.54) is 0 Å². The zero-order valence-electron chi connectivity index (χ0n) is 17.9. The molecule has 0 aliphatic carbocycles. The first-order chi connectivity index (χ1) is 14.6. The summed E-state index contributed by atoms with van der Waals surface area (Å²) in [4.78, 5) is 20.6. The number of hydrogen-bond acceptors (Lipinski definition) is 5. The van der Waals surface area contributed by atoms with Crippen LogP contribution in [0.25, 0.3) is 0 Å². The average Bonchev–Trinajstić information content (AvgIpc) is 3.19. The third kappa shape index (κ3) is 5.73. The molecule has 1 aliphatic heterocycles. The SMILES string of the molecule is CN=C(NCCCOCc1ccc(OC)cc1)N1CCN(c2cnn(C)c2)C(=O)C1. The van der Waals surface area contributed by atoms with Crippen molar-refractivity contribution in [2.45, 2.75) is 13.0 Å². The number of methoxy groups -OCH3 is 1. The number of ether oxygens (including phenoxy) is 2. The highest BCUT2D eigenvalue weighted by Crippen LogP contribution is 2.16. The Kier molecular flexibility index (Phi) is 7.67. The van der Waals surface area contributed by atoms with E-state index in [0.29, 0.717) is 32.8 Å². The van der Waals surface area contributed by atoms with E-state index >= 15 is 0 Å². The van der Waals surface area contributed by atoms with Gasteiger partial charge in [0.05, 0.1) is 25.6 Å². The maximum atomic E-state index is 12.6. The number of carbonyl (C=O) groups is 1. The Hall–Kier alpha value is -3.07. The third-order valence-electron chi connectivity index (χ3n) is 4.91. The summed E-state index contributed by atoms with van der Waals surface area (Å²) in [6, 6.07) is 7.86. The van der Waals surface area contributed by atoms with Crippen LogP contribution in [0.15, 0.2) is 41.7 Å². The monoisotopic (exact) mass is 414 g/mol. The number of anilines is 1. The number of nitrogens with zero attached hydrogens (tertiary/aromatic N) is 5. The first-order valence-corrected chi connectivity index (χ1v) is 10.1. The second-order valence-corrected chi connectivity index (χ2v) is 7.07. The van der Waals surface area contributed by atoms with E-state index in [0.717, 1.165) is 35.9 Å². The number of aromatic nitrogens is 2. The second kappa shape index (κ2) is 10.6. The fraction of sp³-hybridized carbons (Fsp3) is 0.476. The molecule has 1 amide bonds. The van der Waals surface area contributed by atoms with Crippen molar-refractivity contribution in [1.29, 1.82) is 0 Å². The quantitative estimate of drug-likeness (QED) is 0.398. The molecule has 1 N–H and O–H groups in total. The van der Waals surface area contributed by atoms with E-state index in [-0.39, 0.29) is 5.91 Å². The van der Waals surface area contributed by atoms with Crippen LogP contribution in [-0.2, 0) is 23.2 Å². The molecule has 1 aromatic heterocycles. The van der Waals surface area contributed by atoms with Crippen LogP contribution in [0.1, 0.15) is 12.0 Å². The Morgan fingerprint density at radius 3 is 2.70 bits per heavy atom. The van der Waals surface area contributed by atoms with E-state index in [9.17, 15) is 4.79 Å². The molecule has 30 heavy (non-hydrogen) atoms. The van der Waals surface area contributed by atoms with E-state index in [1.807, 2.05) is 42.4 Å². The van der Waals surface area contributed by atoms with Gasteiger partial charge in [0, 0.05) is 46.5 Å². The molecular formula is C21H30N6O3. The van der Waals surface area contributed by atoms with Crippen molar-refractivity contribution in [3.05, 3.63) is 42.2 Å². The molecule has 0 bridgehead atoms. The summed E-state index contributed by atoms with van der Waals surface area (Å²) in [6.45, 7) is 3.56. The Balaban J connectivity index is 1.36. The van der Waals surface area contributed by atoms with Gasteiger partial charge in [-0.2, -0.15) is 5.10 Å². The number of hydrogen-bond donors (Lipinski definition) is 1.